The van der Waals surface area contributed by atoms with E-state index in [9.17, 15) is 0 Å². The second-order valence-corrected chi connectivity index (χ2v) is 5.77. The van der Waals surface area contributed by atoms with Crippen LogP contribution in [0.25, 0.3) is 0 Å². The van der Waals surface area contributed by atoms with Crippen molar-refractivity contribution in [1.29, 1.82) is 0 Å². The van der Waals surface area contributed by atoms with Crippen LogP contribution in [0.2, 0.25) is 0 Å². The van der Waals surface area contributed by atoms with E-state index in [-0.39, 0.29) is 0 Å². The average Bonchev–Trinajstić information content (AvgIpc) is 2.82. The van der Waals surface area contributed by atoms with Crippen molar-refractivity contribution < 1.29 is 0 Å². The molecule has 0 aromatic heterocycles. The summed E-state index contributed by atoms with van der Waals surface area (Å²) in [6, 6.07) is 0.513. The van der Waals surface area contributed by atoms with Crippen LogP contribution in [0.5, 0.6) is 0 Å². The van der Waals surface area contributed by atoms with Crippen molar-refractivity contribution in [3.05, 3.63) is 0 Å². The van der Waals surface area contributed by atoms with Gasteiger partial charge in [0.1, 0.15) is 0 Å². The van der Waals surface area contributed by atoms with Crippen LogP contribution in [0.1, 0.15) is 25.7 Å². The molecule has 2 saturated carbocycles. The summed E-state index contributed by atoms with van der Waals surface area (Å²) < 4.78 is 2.14. The number of hydrogen-bond donors (Lipinski definition) is 2. The first kappa shape index (κ1) is 8.57. The number of piperidine rings is 1. The van der Waals surface area contributed by atoms with E-state index in [2.05, 4.69) is 17.1 Å². The average molecular weight is 198 g/mol. The van der Waals surface area contributed by atoms with Gasteiger partial charge in [-0.2, -0.15) is 0 Å². The van der Waals surface area contributed by atoms with E-state index in [4.69, 9.17) is 5.73 Å². The number of nitrogens with two attached hydrogens (primary N) is 1. The van der Waals surface area contributed by atoms with Crippen LogP contribution in [0, 0.1) is 17.3 Å². The molecule has 2 aliphatic carbocycles. The molecule has 3 heteroatoms. The van der Waals surface area contributed by atoms with Gasteiger partial charge in [-0.05, 0) is 42.9 Å². The van der Waals surface area contributed by atoms with Crippen molar-refractivity contribution in [3.8, 4) is 0 Å². The van der Waals surface area contributed by atoms with E-state index in [0.717, 1.165) is 24.9 Å². The van der Waals surface area contributed by atoms with Gasteiger partial charge in [-0.1, -0.05) is 12.8 Å². The molecule has 3 atom stereocenters. The molecule has 0 bridgehead atoms. The molecular formula is C10H18N2S. The summed E-state index contributed by atoms with van der Waals surface area (Å²) in [5.41, 5.74) is 6.85. The van der Waals surface area contributed by atoms with E-state index in [0.29, 0.717) is 11.5 Å². The molecule has 3 aliphatic rings. The van der Waals surface area contributed by atoms with Crippen molar-refractivity contribution in [2.45, 2.75) is 31.7 Å². The fraction of sp³-hybridized carbons (Fsp3) is 1.00. The minimum Gasteiger partial charge on any atom is -0.327 e. The summed E-state index contributed by atoms with van der Waals surface area (Å²) in [6.45, 7) is 2.27. The first-order chi connectivity index (χ1) is 6.21. The first-order valence-corrected chi connectivity index (χ1v) is 5.81. The second kappa shape index (κ2) is 2.65. The number of rotatable bonds is 0. The lowest BCUT2D eigenvalue weighted by Gasteiger charge is -2.41. The Balaban J connectivity index is 1.75. The molecule has 1 saturated heterocycles. The quantitative estimate of drug-likeness (QED) is 0.574. The molecule has 1 heterocycles. The molecule has 1 aliphatic heterocycles. The van der Waals surface area contributed by atoms with Crippen LogP contribution in [0.3, 0.4) is 0 Å². The first-order valence-electron chi connectivity index (χ1n) is 5.41. The van der Waals surface area contributed by atoms with Crippen molar-refractivity contribution in [2.24, 2.45) is 23.0 Å². The minimum atomic E-state index is 0.513. The van der Waals surface area contributed by atoms with Gasteiger partial charge in [0.05, 0.1) is 0 Å². The number of thiol groups is 1. The minimum absolute atomic E-state index is 0.513. The summed E-state index contributed by atoms with van der Waals surface area (Å²) in [5.74, 6) is 1.90. The number of hydrogen-bond acceptors (Lipinski definition) is 3. The van der Waals surface area contributed by atoms with E-state index in [1.807, 2.05) is 0 Å². The molecule has 13 heavy (non-hydrogen) atoms. The van der Waals surface area contributed by atoms with Crippen molar-refractivity contribution in [1.82, 2.24) is 4.31 Å². The molecule has 0 amide bonds. The third-order valence-electron chi connectivity index (χ3n) is 4.55. The fourth-order valence-corrected chi connectivity index (χ4v) is 3.74. The molecule has 0 aromatic carbocycles. The Morgan fingerprint density at radius 3 is 2.54 bits per heavy atom. The van der Waals surface area contributed by atoms with Crippen LogP contribution in [-0.2, 0) is 0 Å². The molecule has 0 aromatic rings. The maximum atomic E-state index is 6.33. The topological polar surface area (TPSA) is 29.3 Å². The molecular weight excluding hydrogens is 180 g/mol. The monoisotopic (exact) mass is 198 g/mol. The van der Waals surface area contributed by atoms with Gasteiger partial charge < -0.3 is 5.73 Å². The van der Waals surface area contributed by atoms with Crippen molar-refractivity contribution >= 4 is 12.8 Å². The summed E-state index contributed by atoms with van der Waals surface area (Å²) >= 11 is 4.39. The SMILES string of the molecule is N[C@@H]1C2CC2CC12CCN(S)CC2. The zero-order valence-electron chi connectivity index (χ0n) is 7.95. The lowest BCUT2D eigenvalue weighted by atomic mass is 9.72. The van der Waals surface area contributed by atoms with Gasteiger partial charge in [0.2, 0.25) is 0 Å². The van der Waals surface area contributed by atoms with Crippen LogP contribution < -0.4 is 5.73 Å². The Bertz CT molecular complexity index is 223. The normalized spacial score (nSPS) is 48.0. The van der Waals surface area contributed by atoms with Crippen molar-refractivity contribution in [2.75, 3.05) is 13.1 Å². The van der Waals surface area contributed by atoms with Gasteiger partial charge in [0, 0.05) is 19.1 Å². The molecule has 2 nitrogen and oxygen atoms in total. The van der Waals surface area contributed by atoms with Gasteiger partial charge in [-0.3, -0.25) is 4.31 Å². The van der Waals surface area contributed by atoms with Crippen LogP contribution in [-0.4, -0.2) is 23.4 Å². The standard InChI is InChI=1S/C10H18N2S/c11-9-8-5-7(8)6-10(9)1-3-12(13)4-2-10/h7-9,13H,1-6,11H2/t7?,8?,9-/m1/s1. The highest BCUT2D eigenvalue weighted by Crippen LogP contribution is 2.62. The Kier molecular flexibility index (Phi) is 1.74. The molecule has 0 radical (unpaired) electrons. The largest absolute Gasteiger partial charge is 0.327 e. The predicted octanol–water partition coefficient (Wildman–Crippen LogP) is 1.28. The summed E-state index contributed by atoms with van der Waals surface area (Å²) in [6.07, 6.45) is 5.41. The van der Waals surface area contributed by atoms with Gasteiger partial charge in [0.25, 0.3) is 0 Å². The molecule has 3 fully saturated rings. The maximum Gasteiger partial charge on any atom is 0.0128 e. The van der Waals surface area contributed by atoms with E-state index in [1.54, 1.807) is 0 Å². The highest BCUT2D eigenvalue weighted by molar-refractivity contribution is 7.77. The highest BCUT2D eigenvalue weighted by Gasteiger charge is 2.59. The lowest BCUT2D eigenvalue weighted by Crippen LogP contribution is -2.46. The summed E-state index contributed by atoms with van der Waals surface area (Å²) in [5, 5.41) is 0. The Morgan fingerprint density at radius 2 is 2.00 bits per heavy atom. The summed E-state index contributed by atoms with van der Waals surface area (Å²) in [7, 11) is 0. The zero-order chi connectivity index (χ0) is 9.05. The van der Waals surface area contributed by atoms with Crippen LogP contribution >= 0.6 is 12.8 Å². The summed E-state index contributed by atoms with van der Waals surface area (Å²) in [4.78, 5) is 0. The van der Waals surface area contributed by atoms with Crippen LogP contribution in [0.15, 0.2) is 0 Å². The highest BCUT2D eigenvalue weighted by atomic mass is 32.1. The third kappa shape index (κ3) is 1.17. The fourth-order valence-electron chi connectivity index (χ4n) is 3.54. The molecule has 2 unspecified atom stereocenters. The smallest absolute Gasteiger partial charge is 0.0128 e. The Labute approximate surface area is 85.4 Å². The van der Waals surface area contributed by atoms with E-state index >= 15 is 0 Å². The third-order valence-corrected chi connectivity index (χ3v) is 4.95. The molecule has 1 spiro atoms. The lowest BCUT2D eigenvalue weighted by molar-refractivity contribution is 0.128. The Morgan fingerprint density at radius 1 is 1.31 bits per heavy atom. The number of fused-ring (bicyclic) bond motifs is 1. The predicted molar refractivity (Wildman–Crippen MR) is 56.4 cm³/mol. The number of nitrogens with zero attached hydrogens (tertiary/aromatic N) is 1. The molecule has 2 N–H and O–H groups in total. The zero-order valence-corrected chi connectivity index (χ0v) is 8.84. The van der Waals surface area contributed by atoms with E-state index < -0.39 is 0 Å². The van der Waals surface area contributed by atoms with Gasteiger partial charge in [0.15, 0.2) is 0 Å². The Hall–Kier alpha value is 0.270. The van der Waals surface area contributed by atoms with Crippen molar-refractivity contribution in [3.63, 3.8) is 0 Å². The maximum absolute atomic E-state index is 6.33. The van der Waals surface area contributed by atoms with Gasteiger partial charge >= 0.3 is 0 Å². The second-order valence-electron chi connectivity index (χ2n) is 5.21. The van der Waals surface area contributed by atoms with Crippen LogP contribution in [0.4, 0.5) is 0 Å². The molecule has 3 rings (SSSR count). The van der Waals surface area contributed by atoms with E-state index in [1.165, 1.54) is 25.7 Å². The van der Waals surface area contributed by atoms with Gasteiger partial charge in [-0.25, -0.2) is 0 Å². The molecule has 74 valence electrons. The van der Waals surface area contributed by atoms with Gasteiger partial charge in [-0.15, -0.1) is 0 Å².